The van der Waals surface area contributed by atoms with E-state index in [1.54, 1.807) is 0 Å². The van der Waals surface area contributed by atoms with E-state index in [0.717, 1.165) is 22.9 Å². The second-order valence-corrected chi connectivity index (χ2v) is 5.64. The van der Waals surface area contributed by atoms with E-state index in [1.165, 1.54) is 0 Å². The van der Waals surface area contributed by atoms with Crippen LogP contribution in [-0.4, -0.2) is 25.2 Å². The molecule has 2 rings (SSSR count). The van der Waals surface area contributed by atoms with Crippen molar-refractivity contribution in [3.8, 4) is 0 Å². The molecule has 1 unspecified atom stereocenters. The predicted octanol–water partition coefficient (Wildman–Crippen LogP) is 2.24. The summed E-state index contributed by atoms with van der Waals surface area (Å²) < 4.78 is 6.28. The summed E-state index contributed by atoms with van der Waals surface area (Å²) in [4.78, 5) is 12.0. The van der Waals surface area contributed by atoms with Crippen LogP contribution in [0.1, 0.15) is 18.4 Å². The normalized spacial score (nSPS) is 17.1. The lowest BCUT2D eigenvalue weighted by atomic mass is 9.92. The zero-order valence-electron chi connectivity index (χ0n) is 11.2. The van der Waals surface area contributed by atoms with Crippen LogP contribution in [0.25, 0.3) is 0 Å². The average Bonchev–Trinajstić information content (AvgIpc) is 2.46. The third-order valence-corrected chi connectivity index (χ3v) is 4.26. The van der Waals surface area contributed by atoms with Gasteiger partial charge in [-0.15, -0.1) is 12.4 Å². The van der Waals surface area contributed by atoms with Crippen molar-refractivity contribution < 1.29 is 9.53 Å². The van der Waals surface area contributed by atoms with Crippen molar-refractivity contribution in [2.45, 2.75) is 25.4 Å². The van der Waals surface area contributed by atoms with E-state index in [0.29, 0.717) is 19.8 Å². The van der Waals surface area contributed by atoms with Gasteiger partial charge in [-0.25, -0.2) is 0 Å². The number of carbonyl (C=O) groups is 1. The van der Waals surface area contributed by atoms with Crippen LogP contribution in [0.15, 0.2) is 28.7 Å². The first-order valence-electron chi connectivity index (χ1n) is 6.53. The number of carbonyl (C=O) groups excluding carboxylic acids is 1. The van der Waals surface area contributed by atoms with E-state index < -0.39 is 6.04 Å². The maximum Gasteiger partial charge on any atom is 0.237 e. The molecule has 4 nitrogen and oxygen atoms in total. The third kappa shape index (κ3) is 4.74. The van der Waals surface area contributed by atoms with Gasteiger partial charge in [-0.05, 0) is 30.4 Å². The lowest BCUT2D eigenvalue weighted by molar-refractivity contribution is -0.124. The zero-order valence-corrected chi connectivity index (χ0v) is 13.6. The molecule has 0 aliphatic carbocycles. The van der Waals surface area contributed by atoms with Crippen LogP contribution < -0.4 is 11.1 Å². The van der Waals surface area contributed by atoms with Crippen LogP contribution in [0.2, 0.25) is 0 Å². The first kappa shape index (κ1) is 17.4. The lowest BCUT2D eigenvalue weighted by Gasteiger charge is -2.26. The van der Waals surface area contributed by atoms with E-state index in [4.69, 9.17) is 10.5 Å². The van der Waals surface area contributed by atoms with Crippen molar-refractivity contribution >= 4 is 34.2 Å². The minimum Gasteiger partial charge on any atom is -0.381 e. The van der Waals surface area contributed by atoms with E-state index in [1.807, 2.05) is 24.3 Å². The number of nitrogens with one attached hydrogen (secondary N) is 1. The van der Waals surface area contributed by atoms with Gasteiger partial charge in [-0.1, -0.05) is 34.1 Å². The monoisotopic (exact) mass is 362 g/mol. The van der Waals surface area contributed by atoms with Crippen molar-refractivity contribution in [2.75, 3.05) is 13.2 Å². The molecule has 1 aliphatic heterocycles. The molecule has 1 aromatic rings. The van der Waals surface area contributed by atoms with Gasteiger partial charge in [-0.3, -0.25) is 4.79 Å². The quantitative estimate of drug-likeness (QED) is 0.862. The minimum absolute atomic E-state index is 0. The molecule has 0 aromatic heterocycles. The molecule has 0 saturated carbocycles. The highest BCUT2D eigenvalue weighted by atomic mass is 79.9. The van der Waals surface area contributed by atoms with E-state index in [2.05, 4.69) is 21.2 Å². The van der Waals surface area contributed by atoms with E-state index in [-0.39, 0.29) is 24.2 Å². The summed E-state index contributed by atoms with van der Waals surface area (Å²) in [5, 5.41) is 2.90. The highest BCUT2D eigenvalue weighted by molar-refractivity contribution is 9.10. The van der Waals surface area contributed by atoms with Gasteiger partial charge >= 0.3 is 0 Å². The van der Waals surface area contributed by atoms with Gasteiger partial charge in [0.05, 0.1) is 6.04 Å². The third-order valence-electron chi connectivity index (χ3n) is 3.49. The van der Waals surface area contributed by atoms with Crippen LogP contribution in [0.4, 0.5) is 0 Å². The number of hydrogen-bond donors (Lipinski definition) is 2. The maximum atomic E-state index is 12.0. The molecule has 112 valence electrons. The Morgan fingerprint density at radius 1 is 1.40 bits per heavy atom. The molecule has 1 atom stereocenters. The summed E-state index contributed by atoms with van der Waals surface area (Å²) in [6.07, 6.45) is 1.73. The highest BCUT2D eigenvalue weighted by Gasteiger charge is 2.26. The number of halogens is 2. The summed E-state index contributed by atoms with van der Waals surface area (Å²) in [5.74, 6) is 0.149. The number of hydrogen-bond acceptors (Lipinski definition) is 3. The van der Waals surface area contributed by atoms with Gasteiger partial charge in [-0.2, -0.15) is 0 Å². The van der Waals surface area contributed by atoms with Gasteiger partial charge < -0.3 is 15.8 Å². The summed E-state index contributed by atoms with van der Waals surface area (Å²) >= 11 is 3.46. The Balaban J connectivity index is 0.00000200. The molecule has 1 heterocycles. The fraction of sp³-hybridized carbons (Fsp3) is 0.500. The molecule has 3 N–H and O–H groups in total. The van der Waals surface area contributed by atoms with E-state index >= 15 is 0 Å². The predicted molar refractivity (Wildman–Crippen MR) is 84.8 cm³/mol. The van der Waals surface area contributed by atoms with Crippen LogP contribution >= 0.6 is 28.3 Å². The molecule has 6 heteroatoms. The number of rotatable bonds is 4. The van der Waals surface area contributed by atoms with Gasteiger partial charge in [0.1, 0.15) is 0 Å². The summed E-state index contributed by atoms with van der Waals surface area (Å²) in [5.41, 5.74) is 7.07. The van der Waals surface area contributed by atoms with E-state index in [9.17, 15) is 4.79 Å². The molecule has 1 saturated heterocycles. The Morgan fingerprint density at radius 2 is 2.05 bits per heavy atom. The summed E-state index contributed by atoms with van der Waals surface area (Å²) in [6, 6.07) is 7.39. The Morgan fingerprint density at radius 3 is 2.70 bits per heavy atom. The summed E-state index contributed by atoms with van der Waals surface area (Å²) in [7, 11) is 0. The first-order valence-corrected chi connectivity index (χ1v) is 7.32. The largest absolute Gasteiger partial charge is 0.381 e. The Hall–Kier alpha value is -0.620. The van der Waals surface area contributed by atoms with Crippen molar-refractivity contribution in [2.24, 2.45) is 11.7 Å². The molecular weight excluding hydrogens is 344 g/mol. The molecule has 1 amide bonds. The van der Waals surface area contributed by atoms with Gasteiger partial charge in [0.2, 0.25) is 5.91 Å². The van der Waals surface area contributed by atoms with Gasteiger partial charge in [0.15, 0.2) is 0 Å². The Kier molecular flexibility index (Phi) is 7.51. The van der Waals surface area contributed by atoms with Crippen LogP contribution in [0.5, 0.6) is 0 Å². The SMILES string of the molecule is Cl.NC(C(=O)NCc1ccccc1Br)C1CCOCC1. The smallest absolute Gasteiger partial charge is 0.237 e. The molecule has 0 spiro atoms. The topological polar surface area (TPSA) is 64.4 Å². The molecule has 20 heavy (non-hydrogen) atoms. The standard InChI is InChI=1S/C14H19BrN2O2.ClH/c15-12-4-2-1-3-11(12)9-17-14(18)13(16)10-5-7-19-8-6-10;/h1-4,10,13H,5-9,16H2,(H,17,18);1H. The van der Waals surface area contributed by atoms with Crippen molar-refractivity contribution in [1.29, 1.82) is 0 Å². The molecule has 0 bridgehead atoms. The summed E-state index contributed by atoms with van der Waals surface area (Å²) in [6.45, 7) is 1.91. The number of amides is 1. The highest BCUT2D eigenvalue weighted by Crippen LogP contribution is 2.18. The molecule has 1 aliphatic rings. The number of ether oxygens (including phenoxy) is 1. The van der Waals surface area contributed by atoms with Crippen molar-refractivity contribution in [1.82, 2.24) is 5.32 Å². The average molecular weight is 364 g/mol. The fourth-order valence-electron chi connectivity index (χ4n) is 2.23. The van der Waals surface area contributed by atoms with Crippen molar-refractivity contribution in [3.63, 3.8) is 0 Å². The van der Waals surface area contributed by atoms with Crippen molar-refractivity contribution in [3.05, 3.63) is 34.3 Å². The fourth-order valence-corrected chi connectivity index (χ4v) is 2.66. The molecule has 1 fully saturated rings. The number of nitrogens with two attached hydrogens (primary N) is 1. The second kappa shape index (κ2) is 8.62. The lowest BCUT2D eigenvalue weighted by Crippen LogP contribution is -2.46. The Bertz CT molecular complexity index is 439. The second-order valence-electron chi connectivity index (χ2n) is 4.78. The van der Waals surface area contributed by atoms with Gasteiger partial charge in [0.25, 0.3) is 0 Å². The van der Waals surface area contributed by atoms with Gasteiger partial charge in [0, 0.05) is 24.2 Å². The van der Waals surface area contributed by atoms with Crippen LogP contribution in [-0.2, 0) is 16.1 Å². The van der Waals surface area contributed by atoms with Crippen LogP contribution in [0, 0.1) is 5.92 Å². The van der Waals surface area contributed by atoms with Crippen LogP contribution in [0.3, 0.4) is 0 Å². The Labute approximate surface area is 134 Å². The number of benzene rings is 1. The molecular formula is C14H20BrClN2O2. The minimum atomic E-state index is -0.439. The maximum absolute atomic E-state index is 12.0. The zero-order chi connectivity index (χ0) is 13.7. The molecule has 0 radical (unpaired) electrons. The first-order chi connectivity index (χ1) is 9.18. The molecule has 1 aromatic carbocycles.